The summed E-state index contributed by atoms with van der Waals surface area (Å²) in [6.45, 7) is 4.12. The van der Waals surface area contributed by atoms with Crippen LogP contribution in [-0.4, -0.2) is 0 Å². The fourth-order valence-electron chi connectivity index (χ4n) is 3.37. The van der Waals surface area contributed by atoms with Gasteiger partial charge in [-0.05, 0) is 55.1 Å². The van der Waals surface area contributed by atoms with E-state index >= 15 is 0 Å². The molecule has 0 nitrogen and oxygen atoms in total. The maximum absolute atomic E-state index is 4.12. The monoisotopic (exact) mass is 198 g/mol. The zero-order chi connectivity index (χ0) is 10.3. The largest absolute Gasteiger partial charge is 0.0999 e. The Kier molecular flexibility index (Phi) is 1.98. The minimum atomic E-state index is 0.526. The summed E-state index contributed by atoms with van der Waals surface area (Å²) in [4.78, 5) is 0. The van der Waals surface area contributed by atoms with Crippen LogP contribution in [0.5, 0.6) is 0 Å². The molecule has 2 aliphatic rings. The van der Waals surface area contributed by atoms with E-state index in [1.165, 1.54) is 44.1 Å². The number of fused-ring (bicyclic) bond motifs is 2. The predicted molar refractivity (Wildman–Crippen MR) is 64.0 cm³/mol. The molecule has 0 heterocycles. The first-order chi connectivity index (χ1) is 7.30. The molecule has 0 saturated heterocycles. The van der Waals surface area contributed by atoms with Gasteiger partial charge in [-0.2, -0.15) is 0 Å². The Morgan fingerprint density at radius 3 is 2.40 bits per heavy atom. The quantitative estimate of drug-likeness (QED) is 0.553. The Balaban J connectivity index is 1.98. The Morgan fingerprint density at radius 2 is 1.60 bits per heavy atom. The number of benzene rings is 1. The molecular weight excluding hydrogens is 180 g/mol. The van der Waals surface area contributed by atoms with Gasteiger partial charge in [0.15, 0.2) is 0 Å². The molecule has 0 atom stereocenters. The summed E-state index contributed by atoms with van der Waals surface area (Å²) in [5, 5.41) is 0. The fraction of sp³-hybridized carbons (Fsp3) is 0.467. The maximum Gasteiger partial charge on any atom is -0.00350 e. The van der Waals surface area contributed by atoms with E-state index in [9.17, 15) is 0 Å². The van der Waals surface area contributed by atoms with Gasteiger partial charge in [-0.15, -0.1) is 0 Å². The van der Waals surface area contributed by atoms with Crippen molar-refractivity contribution in [1.82, 2.24) is 0 Å². The van der Waals surface area contributed by atoms with Gasteiger partial charge in [0.2, 0.25) is 0 Å². The molecule has 15 heavy (non-hydrogen) atoms. The second-order valence-electron chi connectivity index (χ2n) is 5.19. The molecule has 0 radical (unpaired) electrons. The maximum atomic E-state index is 4.12. The third-order valence-corrected chi connectivity index (χ3v) is 4.38. The van der Waals surface area contributed by atoms with Crippen LogP contribution in [-0.2, 0) is 11.8 Å². The Bertz CT molecular complexity index is 390. The first-order valence-electron chi connectivity index (χ1n) is 6.05. The molecule has 0 bridgehead atoms. The van der Waals surface area contributed by atoms with E-state index in [0.717, 1.165) is 0 Å². The van der Waals surface area contributed by atoms with Crippen molar-refractivity contribution in [3.05, 3.63) is 47.5 Å². The highest BCUT2D eigenvalue weighted by molar-refractivity contribution is 5.40. The SMILES string of the molecule is C=C1CCC2(CC1)CCc1ccccc12. The van der Waals surface area contributed by atoms with Crippen molar-refractivity contribution in [2.24, 2.45) is 0 Å². The molecule has 2 aliphatic carbocycles. The van der Waals surface area contributed by atoms with Gasteiger partial charge >= 0.3 is 0 Å². The van der Waals surface area contributed by atoms with Crippen LogP contribution in [0.1, 0.15) is 43.2 Å². The summed E-state index contributed by atoms with van der Waals surface area (Å²) in [5.41, 5.74) is 5.24. The highest BCUT2D eigenvalue weighted by Gasteiger charge is 2.39. The second-order valence-corrected chi connectivity index (χ2v) is 5.19. The molecule has 3 rings (SSSR count). The average Bonchev–Trinajstić information content (AvgIpc) is 2.63. The van der Waals surface area contributed by atoms with Crippen molar-refractivity contribution in [2.75, 3.05) is 0 Å². The molecule has 1 aromatic carbocycles. The zero-order valence-electron chi connectivity index (χ0n) is 9.26. The van der Waals surface area contributed by atoms with Crippen molar-refractivity contribution < 1.29 is 0 Å². The van der Waals surface area contributed by atoms with E-state index in [4.69, 9.17) is 0 Å². The van der Waals surface area contributed by atoms with E-state index in [0.29, 0.717) is 5.41 Å². The van der Waals surface area contributed by atoms with Crippen molar-refractivity contribution in [1.29, 1.82) is 0 Å². The van der Waals surface area contributed by atoms with Crippen LogP contribution in [0.2, 0.25) is 0 Å². The van der Waals surface area contributed by atoms with Crippen LogP contribution in [0.25, 0.3) is 0 Å². The molecule has 1 fully saturated rings. The van der Waals surface area contributed by atoms with Crippen LogP contribution >= 0.6 is 0 Å². The highest BCUT2D eigenvalue weighted by Crippen LogP contribution is 2.49. The van der Waals surface area contributed by atoms with Gasteiger partial charge in [0.25, 0.3) is 0 Å². The van der Waals surface area contributed by atoms with Crippen molar-refractivity contribution in [3.63, 3.8) is 0 Å². The van der Waals surface area contributed by atoms with Gasteiger partial charge in [0.05, 0.1) is 0 Å². The van der Waals surface area contributed by atoms with Crippen LogP contribution < -0.4 is 0 Å². The molecule has 1 aromatic rings. The summed E-state index contributed by atoms with van der Waals surface area (Å²) in [6.07, 6.45) is 7.83. The summed E-state index contributed by atoms with van der Waals surface area (Å²) < 4.78 is 0. The lowest BCUT2D eigenvalue weighted by Gasteiger charge is -2.35. The van der Waals surface area contributed by atoms with Gasteiger partial charge < -0.3 is 0 Å². The molecule has 1 saturated carbocycles. The van der Waals surface area contributed by atoms with E-state index in [-0.39, 0.29) is 0 Å². The van der Waals surface area contributed by atoms with E-state index < -0.39 is 0 Å². The van der Waals surface area contributed by atoms with Crippen LogP contribution in [0.3, 0.4) is 0 Å². The van der Waals surface area contributed by atoms with Gasteiger partial charge in [0, 0.05) is 0 Å². The number of aryl methyl sites for hydroxylation is 1. The molecule has 0 heteroatoms. The second kappa shape index (κ2) is 3.23. The zero-order valence-corrected chi connectivity index (χ0v) is 9.26. The molecule has 1 spiro atoms. The van der Waals surface area contributed by atoms with E-state index in [1.54, 1.807) is 11.1 Å². The minimum Gasteiger partial charge on any atom is -0.0999 e. The summed E-state index contributed by atoms with van der Waals surface area (Å²) in [7, 11) is 0. The summed E-state index contributed by atoms with van der Waals surface area (Å²) in [5.74, 6) is 0. The highest BCUT2D eigenvalue weighted by atomic mass is 14.4. The van der Waals surface area contributed by atoms with Gasteiger partial charge in [-0.1, -0.05) is 36.4 Å². The van der Waals surface area contributed by atoms with Gasteiger partial charge in [-0.25, -0.2) is 0 Å². The number of rotatable bonds is 0. The third-order valence-electron chi connectivity index (χ3n) is 4.38. The normalized spacial score (nSPS) is 23.1. The molecule has 0 aromatic heterocycles. The van der Waals surface area contributed by atoms with Gasteiger partial charge in [-0.3, -0.25) is 0 Å². The number of hydrogen-bond acceptors (Lipinski definition) is 0. The average molecular weight is 198 g/mol. The standard InChI is InChI=1S/C15H18/c1-12-6-9-15(10-7-12)11-8-13-4-2-3-5-14(13)15/h2-5H,1,6-11H2. The summed E-state index contributed by atoms with van der Waals surface area (Å²) >= 11 is 0. The molecule has 0 aliphatic heterocycles. The summed E-state index contributed by atoms with van der Waals surface area (Å²) in [6, 6.07) is 9.05. The Labute approximate surface area is 92.0 Å². The molecule has 78 valence electrons. The lowest BCUT2D eigenvalue weighted by molar-refractivity contribution is 0.331. The van der Waals surface area contributed by atoms with Crippen LogP contribution in [0.15, 0.2) is 36.4 Å². The van der Waals surface area contributed by atoms with Crippen molar-refractivity contribution >= 4 is 0 Å². The lowest BCUT2D eigenvalue weighted by Crippen LogP contribution is -2.26. The number of hydrogen-bond donors (Lipinski definition) is 0. The molecule has 0 amide bonds. The van der Waals surface area contributed by atoms with Crippen molar-refractivity contribution in [2.45, 2.75) is 43.9 Å². The van der Waals surface area contributed by atoms with Crippen molar-refractivity contribution in [3.8, 4) is 0 Å². The Morgan fingerprint density at radius 1 is 0.933 bits per heavy atom. The molecular formula is C15H18. The van der Waals surface area contributed by atoms with E-state index in [1.807, 2.05) is 0 Å². The minimum absolute atomic E-state index is 0.526. The fourth-order valence-corrected chi connectivity index (χ4v) is 3.37. The molecule has 0 N–H and O–H groups in total. The first-order valence-corrected chi connectivity index (χ1v) is 6.05. The van der Waals surface area contributed by atoms with Gasteiger partial charge in [0.1, 0.15) is 0 Å². The van der Waals surface area contributed by atoms with E-state index in [2.05, 4.69) is 30.8 Å². The number of allylic oxidation sites excluding steroid dienone is 1. The smallest absolute Gasteiger partial charge is 0.00350 e. The predicted octanol–water partition coefficient (Wildman–Crippen LogP) is 4.00. The lowest BCUT2D eigenvalue weighted by atomic mass is 9.69. The molecule has 0 unspecified atom stereocenters. The topological polar surface area (TPSA) is 0 Å². The van der Waals surface area contributed by atoms with Crippen LogP contribution in [0.4, 0.5) is 0 Å². The third kappa shape index (κ3) is 1.35. The first kappa shape index (κ1) is 9.21. The van der Waals surface area contributed by atoms with Crippen LogP contribution in [0, 0.1) is 0 Å². The Hall–Kier alpha value is -1.04.